The van der Waals surface area contributed by atoms with Gasteiger partial charge in [-0.1, -0.05) is 12.2 Å². The lowest BCUT2D eigenvalue weighted by atomic mass is 10.5. The Kier molecular flexibility index (Phi) is 3.16. The van der Waals surface area contributed by atoms with Crippen molar-refractivity contribution in [3.05, 3.63) is 0 Å². The highest BCUT2D eigenvalue weighted by Crippen LogP contribution is 1.81. The van der Waals surface area contributed by atoms with E-state index < -0.39 is 0 Å². The molecule has 0 aliphatic carbocycles. The Morgan fingerprint density at radius 1 is 1.56 bits per heavy atom. The Morgan fingerprint density at radius 3 is 2.11 bits per heavy atom. The van der Waals surface area contributed by atoms with Crippen LogP contribution in [-0.2, 0) is 4.79 Å². The summed E-state index contributed by atoms with van der Waals surface area (Å²) in [6.07, 6.45) is 0. The maximum Gasteiger partial charge on any atom is 0.278 e. The average Bonchev–Trinajstić information content (AvgIpc) is 1.84. The maximum atomic E-state index is 10.7. The number of amides is 1. The van der Waals surface area contributed by atoms with Gasteiger partial charge in [-0.2, -0.15) is 0 Å². The molecule has 52 valence electrons. The van der Waals surface area contributed by atoms with Gasteiger partial charge in [0.25, 0.3) is 5.91 Å². The summed E-state index contributed by atoms with van der Waals surface area (Å²) in [4.78, 5) is 12.6. The smallest absolute Gasteiger partial charge is 0.278 e. The number of nitrogens with one attached hydrogen (secondary N) is 1. The van der Waals surface area contributed by atoms with E-state index in [0.29, 0.717) is 4.99 Å². The molecule has 0 saturated carbocycles. The predicted molar refractivity (Wildman–Crippen MR) is 40.4 cm³/mol. The van der Waals surface area contributed by atoms with E-state index in [2.05, 4.69) is 5.32 Å². The molecule has 0 rings (SSSR count). The number of hydrogen-bond acceptors (Lipinski definition) is 2. The molecule has 0 aliphatic heterocycles. The molecule has 1 amide bonds. The number of carbonyl (C=O) groups is 1. The molecule has 0 aliphatic rings. The molecule has 0 fully saturated rings. The summed E-state index contributed by atoms with van der Waals surface area (Å²) in [6.45, 7) is 0. The summed E-state index contributed by atoms with van der Waals surface area (Å²) in [5, 5.41) is 2.42. The zero-order valence-corrected chi connectivity index (χ0v) is 6.58. The zero-order valence-electron chi connectivity index (χ0n) is 5.76. The van der Waals surface area contributed by atoms with E-state index in [-0.39, 0.29) is 5.91 Å². The Morgan fingerprint density at radius 2 is 2.00 bits per heavy atom. The van der Waals surface area contributed by atoms with Gasteiger partial charge >= 0.3 is 0 Å². The molecule has 0 aromatic rings. The summed E-state index contributed by atoms with van der Waals surface area (Å²) in [5.41, 5.74) is 0. The number of carbonyl (C=O) groups excluding carboxylic acids is 1. The number of rotatable bonds is 0. The number of thiocarbonyl (C=S) groups is 1. The predicted octanol–water partition coefficient (Wildman–Crippen LogP) is -0.379. The van der Waals surface area contributed by atoms with E-state index in [1.54, 1.807) is 26.0 Å². The third-order valence-corrected chi connectivity index (χ3v) is 1.38. The first-order valence-corrected chi connectivity index (χ1v) is 2.93. The van der Waals surface area contributed by atoms with Crippen molar-refractivity contribution in [1.29, 1.82) is 0 Å². The van der Waals surface area contributed by atoms with Crippen LogP contribution in [0.2, 0.25) is 0 Å². The van der Waals surface area contributed by atoms with Gasteiger partial charge in [0.15, 0.2) is 4.99 Å². The van der Waals surface area contributed by atoms with Crippen LogP contribution >= 0.6 is 12.2 Å². The van der Waals surface area contributed by atoms with Crippen LogP contribution in [-0.4, -0.2) is 36.9 Å². The first-order valence-electron chi connectivity index (χ1n) is 2.53. The molecular weight excluding hydrogens is 136 g/mol. The lowest BCUT2D eigenvalue weighted by Crippen LogP contribution is -2.35. The maximum absolute atomic E-state index is 10.7. The van der Waals surface area contributed by atoms with Gasteiger partial charge in [0, 0.05) is 21.1 Å². The van der Waals surface area contributed by atoms with E-state index in [9.17, 15) is 4.79 Å². The molecule has 9 heavy (non-hydrogen) atoms. The van der Waals surface area contributed by atoms with E-state index in [0.717, 1.165) is 0 Å². The molecule has 0 spiro atoms. The topological polar surface area (TPSA) is 32.3 Å². The molecule has 4 heteroatoms. The second-order valence-corrected chi connectivity index (χ2v) is 2.17. The van der Waals surface area contributed by atoms with Gasteiger partial charge in [-0.05, 0) is 0 Å². The normalized spacial score (nSPS) is 8.33. The highest BCUT2D eigenvalue weighted by atomic mass is 32.1. The van der Waals surface area contributed by atoms with E-state index in [4.69, 9.17) is 12.2 Å². The third kappa shape index (κ3) is 2.41. The molecule has 0 heterocycles. The zero-order chi connectivity index (χ0) is 7.44. The Balaban J connectivity index is 3.89. The summed E-state index contributed by atoms with van der Waals surface area (Å²) in [5.74, 6) is -0.213. The first-order chi connectivity index (χ1) is 4.09. The molecule has 0 aromatic heterocycles. The highest BCUT2D eigenvalue weighted by molar-refractivity contribution is 7.81. The number of hydrogen-bond donors (Lipinski definition) is 1. The van der Waals surface area contributed by atoms with Gasteiger partial charge in [0.1, 0.15) is 0 Å². The molecule has 0 atom stereocenters. The van der Waals surface area contributed by atoms with E-state index >= 15 is 0 Å². The Hall–Kier alpha value is -0.640. The summed E-state index contributed by atoms with van der Waals surface area (Å²) in [7, 11) is 5.02. The average molecular weight is 146 g/mol. The minimum atomic E-state index is -0.213. The fourth-order valence-electron chi connectivity index (χ4n) is 0.310. The molecule has 0 radical (unpaired) electrons. The van der Waals surface area contributed by atoms with Crippen LogP contribution in [0.1, 0.15) is 0 Å². The summed E-state index contributed by atoms with van der Waals surface area (Å²) in [6, 6.07) is 0. The van der Waals surface area contributed by atoms with Crippen molar-refractivity contribution < 1.29 is 4.79 Å². The molecule has 1 N–H and O–H groups in total. The van der Waals surface area contributed by atoms with Crippen LogP contribution in [0.25, 0.3) is 0 Å². The molecule has 3 nitrogen and oxygen atoms in total. The molecule has 0 aromatic carbocycles. The van der Waals surface area contributed by atoms with Crippen LogP contribution in [0, 0.1) is 0 Å². The monoisotopic (exact) mass is 146 g/mol. The number of likely N-dealkylation sites (N-methyl/N-ethyl adjacent to an activating group) is 2. The van der Waals surface area contributed by atoms with E-state index in [1.807, 2.05) is 0 Å². The fraction of sp³-hybridized carbons (Fsp3) is 0.600. The quantitative estimate of drug-likeness (QED) is 0.473. The third-order valence-electron chi connectivity index (χ3n) is 0.827. The molecular formula is C5H10N2OS. The highest BCUT2D eigenvalue weighted by Gasteiger charge is 2.06. The van der Waals surface area contributed by atoms with Crippen molar-refractivity contribution in [2.45, 2.75) is 0 Å². The van der Waals surface area contributed by atoms with Crippen molar-refractivity contribution >= 4 is 23.1 Å². The van der Waals surface area contributed by atoms with Crippen molar-refractivity contribution in [3.8, 4) is 0 Å². The molecule has 0 unspecified atom stereocenters. The van der Waals surface area contributed by atoms with Crippen molar-refractivity contribution in [2.24, 2.45) is 0 Å². The van der Waals surface area contributed by atoms with Crippen LogP contribution in [0.5, 0.6) is 0 Å². The standard InChI is InChI=1S/C5H10N2OS/c1-6-4(8)5(9)7(2)3/h1-3H3,(H,6,8). The van der Waals surface area contributed by atoms with Crippen molar-refractivity contribution in [1.82, 2.24) is 10.2 Å². The van der Waals surface area contributed by atoms with Gasteiger partial charge in [-0.25, -0.2) is 0 Å². The van der Waals surface area contributed by atoms with Gasteiger partial charge in [0.2, 0.25) is 0 Å². The second-order valence-electron chi connectivity index (χ2n) is 1.78. The van der Waals surface area contributed by atoms with Crippen molar-refractivity contribution in [2.75, 3.05) is 21.1 Å². The van der Waals surface area contributed by atoms with Crippen LogP contribution < -0.4 is 5.32 Å². The van der Waals surface area contributed by atoms with Gasteiger partial charge in [0.05, 0.1) is 0 Å². The molecule has 0 bridgehead atoms. The number of nitrogens with zero attached hydrogens (tertiary/aromatic N) is 1. The van der Waals surface area contributed by atoms with Crippen LogP contribution in [0.4, 0.5) is 0 Å². The lowest BCUT2D eigenvalue weighted by molar-refractivity contribution is -0.114. The lowest BCUT2D eigenvalue weighted by Gasteiger charge is -2.10. The van der Waals surface area contributed by atoms with Gasteiger partial charge in [-0.15, -0.1) is 0 Å². The Labute approximate surface area is 60.0 Å². The van der Waals surface area contributed by atoms with Crippen LogP contribution in [0.15, 0.2) is 0 Å². The minimum Gasteiger partial charge on any atom is -0.364 e. The first kappa shape index (κ1) is 8.36. The van der Waals surface area contributed by atoms with E-state index in [1.165, 1.54) is 0 Å². The Bertz CT molecular complexity index is 133. The van der Waals surface area contributed by atoms with Crippen molar-refractivity contribution in [3.63, 3.8) is 0 Å². The minimum absolute atomic E-state index is 0.213. The SMILES string of the molecule is CNC(=O)C(=S)N(C)C. The fourth-order valence-corrected chi connectivity index (χ4v) is 0.412. The summed E-state index contributed by atoms with van der Waals surface area (Å²) >= 11 is 4.71. The molecule has 0 saturated heterocycles. The van der Waals surface area contributed by atoms with Gasteiger partial charge in [-0.3, -0.25) is 4.79 Å². The second kappa shape index (κ2) is 3.40. The van der Waals surface area contributed by atoms with Gasteiger partial charge < -0.3 is 10.2 Å². The summed E-state index contributed by atoms with van der Waals surface area (Å²) < 4.78 is 0. The largest absolute Gasteiger partial charge is 0.364 e. The van der Waals surface area contributed by atoms with Crippen LogP contribution in [0.3, 0.4) is 0 Å².